The molecule has 0 aliphatic rings. The largest absolute Gasteiger partial charge is 0.396 e. The molecule has 1 amide bonds. The highest BCUT2D eigenvalue weighted by Crippen LogP contribution is 2.16. The van der Waals surface area contributed by atoms with Crippen LogP contribution in [0.25, 0.3) is 6.08 Å². The maximum Gasteiger partial charge on any atom is 0.221 e. The van der Waals surface area contributed by atoms with Crippen LogP contribution in [-0.4, -0.2) is 30.0 Å². The molecule has 0 fully saturated rings. The molecule has 0 heterocycles. The number of amidine groups is 1. The average molecular weight is 338 g/mol. The van der Waals surface area contributed by atoms with E-state index in [1.165, 1.54) is 13.0 Å². The summed E-state index contributed by atoms with van der Waals surface area (Å²) in [5, 5.41) is 29.9. The number of hydrogen-bond donors (Lipinski definition) is 4. The fourth-order valence-corrected chi connectivity index (χ4v) is 1.84. The minimum absolute atomic E-state index is 0.0283. The highest BCUT2D eigenvalue weighted by Gasteiger charge is 2.12. The van der Waals surface area contributed by atoms with Crippen LogP contribution in [0.5, 0.6) is 0 Å². The summed E-state index contributed by atoms with van der Waals surface area (Å²) in [5.74, 6) is -0.333. The predicted octanol–water partition coefficient (Wildman–Crippen LogP) is 0.638. The first-order chi connectivity index (χ1) is 11.9. The van der Waals surface area contributed by atoms with Crippen molar-refractivity contribution in [2.24, 2.45) is 16.5 Å². The van der Waals surface area contributed by atoms with Gasteiger partial charge in [0.05, 0.1) is 24.4 Å². The lowest BCUT2D eigenvalue weighted by molar-refractivity contribution is -0.114. The number of carbonyl (C=O) groups excluding carboxylic acids is 1. The van der Waals surface area contributed by atoms with Gasteiger partial charge in [-0.15, -0.1) is 0 Å². The lowest BCUT2D eigenvalue weighted by Crippen LogP contribution is -2.20. The molecule has 8 nitrogen and oxygen atoms in total. The maximum absolute atomic E-state index is 11.0. The Hall–Kier alpha value is -3.62. The highest BCUT2D eigenvalue weighted by atomic mass is 16.3. The van der Waals surface area contributed by atoms with Gasteiger partial charge in [-0.3, -0.25) is 9.79 Å². The Kier molecular flexibility index (Phi) is 7.38. The smallest absolute Gasteiger partial charge is 0.221 e. The number of aliphatic imine (C=N–C) groups is 1. The van der Waals surface area contributed by atoms with Gasteiger partial charge in [-0.2, -0.15) is 10.5 Å². The molecule has 0 atom stereocenters. The molecule has 0 saturated carbocycles. The van der Waals surface area contributed by atoms with Crippen LogP contribution in [0.2, 0.25) is 0 Å². The van der Waals surface area contributed by atoms with Gasteiger partial charge in [0.1, 0.15) is 23.5 Å². The molecule has 0 aliphatic carbocycles. The molecule has 0 unspecified atom stereocenters. The van der Waals surface area contributed by atoms with Crippen molar-refractivity contribution in [3.63, 3.8) is 0 Å². The van der Waals surface area contributed by atoms with Crippen molar-refractivity contribution < 1.29 is 9.90 Å². The molecule has 1 aromatic rings. The number of hydrogen-bond acceptors (Lipinski definition) is 6. The third kappa shape index (κ3) is 5.82. The Morgan fingerprint density at radius 3 is 2.40 bits per heavy atom. The molecule has 0 bridgehead atoms. The van der Waals surface area contributed by atoms with E-state index in [2.05, 4.69) is 10.3 Å². The molecule has 6 N–H and O–H groups in total. The SMILES string of the molecule is CC(=O)Nc1ccc(/C=C(\C#N)C(N)=C(C#N)C(N)=NCCO)cc1. The van der Waals surface area contributed by atoms with Gasteiger partial charge in [0.2, 0.25) is 5.91 Å². The Morgan fingerprint density at radius 1 is 1.28 bits per heavy atom. The Labute approximate surface area is 145 Å². The summed E-state index contributed by atoms with van der Waals surface area (Å²) in [6.07, 6.45) is 1.49. The standard InChI is InChI=1S/C17H18N6O2/c1-11(25)23-14-4-2-12(3-5-14)8-13(9-18)16(20)15(10-19)17(21)22-6-7-24/h2-5,8,24H,6-7,20H2,1H3,(H2,21,22)(H,23,25)/b13-8+,16-15?. The second-order valence-electron chi connectivity index (χ2n) is 4.86. The van der Waals surface area contributed by atoms with Gasteiger partial charge in [0.25, 0.3) is 0 Å². The third-order valence-electron chi connectivity index (χ3n) is 2.97. The van der Waals surface area contributed by atoms with E-state index in [9.17, 15) is 15.3 Å². The maximum atomic E-state index is 11.0. The second-order valence-corrected chi connectivity index (χ2v) is 4.86. The van der Waals surface area contributed by atoms with E-state index >= 15 is 0 Å². The number of benzene rings is 1. The van der Waals surface area contributed by atoms with E-state index in [0.717, 1.165) is 0 Å². The van der Waals surface area contributed by atoms with Gasteiger partial charge >= 0.3 is 0 Å². The number of nitrogens with one attached hydrogen (secondary N) is 1. The van der Waals surface area contributed by atoms with Crippen molar-refractivity contribution in [3.05, 3.63) is 46.7 Å². The first-order valence-electron chi connectivity index (χ1n) is 7.23. The Balaban J connectivity index is 3.21. The fraction of sp³-hybridized carbons (Fsp3) is 0.176. The Morgan fingerprint density at radius 2 is 1.92 bits per heavy atom. The van der Waals surface area contributed by atoms with Gasteiger partial charge in [-0.1, -0.05) is 12.1 Å². The number of rotatable bonds is 6. The molecule has 0 saturated heterocycles. The summed E-state index contributed by atoms with van der Waals surface area (Å²) in [6.45, 7) is 1.21. The number of anilines is 1. The van der Waals surface area contributed by atoms with Crippen LogP contribution in [0.1, 0.15) is 12.5 Å². The lowest BCUT2D eigenvalue weighted by Gasteiger charge is -2.05. The number of amides is 1. The van der Waals surface area contributed by atoms with Crippen LogP contribution in [0.4, 0.5) is 5.69 Å². The zero-order valence-corrected chi connectivity index (χ0v) is 13.7. The number of aliphatic hydroxyl groups is 1. The second kappa shape index (κ2) is 9.50. The summed E-state index contributed by atoms with van der Waals surface area (Å²) in [5.41, 5.74) is 12.6. The summed E-state index contributed by atoms with van der Waals surface area (Å²) < 4.78 is 0. The molecule has 128 valence electrons. The van der Waals surface area contributed by atoms with E-state index in [-0.39, 0.29) is 41.7 Å². The van der Waals surface area contributed by atoms with Crippen molar-refractivity contribution in [3.8, 4) is 12.1 Å². The van der Waals surface area contributed by atoms with Gasteiger partial charge < -0.3 is 21.9 Å². The number of nitrogens with two attached hydrogens (primary N) is 2. The molecule has 1 rings (SSSR count). The molecule has 8 heteroatoms. The van der Waals surface area contributed by atoms with Gasteiger partial charge in [0, 0.05) is 12.6 Å². The summed E-state index contributed by atoms with van der Waals surface area (Å²) in [6, 6.07) is 10.5. The topological polar surface area (TPSA) is 161 Å². The third-order valence-corrected chi connectivity index (χ3v) is 2.97. The molecule has 0 aliphatic heterocycles. The molecule has 25 heavy (non-hydrogen) atoms. The molecular weight excluding hydrogens is 320 g/mol. The van der Waals surface area contributed by atoms with Gasteiger partial charge in [0.15, 0.2) is 0 Å². The van der Waals surface area contributed by atoms with E-state index in [4.69, 9.17) is 16.6 Å². The van der Waals surface area contributed by atoms with E-state index in [1.807, 2.05) is 12.1 Å². The first kappa shape index (κ1) is 19.4. The first-order valence-corrected chi connectivity index (χ1v) is 7.23. The quantitative estimate of drug-likeness (QED) is 0.257. The van der Waals surface area contributed by atoms with Crippen LogP contribution in [0.3, 0.4) is 0 Å². The zero-order chi connectivity index (χ0) is 18.8. The number of aliphatic hydroxyl groups excluding tert-OH is 1. The molecule has 0 spiro atoms. The molecule has 0 radical (unpaired) electrons. The normalized spacial score (nSPS) is 12.6. The van der Waals surface area contributed by atoms with Crippen molar-refractivity contribution >= 4 is 23.5 Å². The van der Waals surface area contributed by atoms with Crippen LogP contribution >= 0.6 is 0 Å². The van der Waals surface area contributed by atoms with Gasteiger partial charge in [-0.25, -0.2) is 0 Å². The van der Waals surface area contributed by atoms with Crippen LogP contribution in [0.15, 0.2) is 46.1 Å². The van der Waals surface area contributed by atoms with Crippen molar-refractivity contribution in [2.45, 2.75) is 6.92 Å². The number of nitrogens with zero attached hydrogens (tertiary/aromatic N) is 3. The minimum atomic E-state index is -0.221. The number of allylic oxidation sites excluding steroid dienone is 1. The van der Waals surface area contributed by atoms with Gasteiger partial charge in [-0.05, 0) is 23.8 Å². The van der Waals surface area contributed by atoms with Crippen LogP contribution < -0.4 is 16.8 Å². The number of nitriles is 2. The van der Waals surface area contributed by atoms with Crippen molar-refractivity contribution in [2.75, 3.05) is 18.5 Å². The monoisotopic (exact) mass is 338 g/mol. The summed E-state index contributed by atoms with van der Waals surface area (Å²) >= 11 is 0. The molecule has 1 aromatic carbocycles. The summed E-state index contributed by atoms with van der Waals surface area (Å²) in [4.78, 5) is 14.8. The predicted molar refractivity (Wildman–Crippen MR) is 94.7 cm³/mol. The zero-order valence-electron chi connectivity index (χ0n) is 13.7. The molecule has 0 aromatic heterocycles. The lowest BCUT2D eigenvalue weighted by atomic mass is 10.0. The molecular formula is C17H18N6O2. The fourth-order valence-electron chi connectivity index (χ4n) is 1.84. The van der Waals surface area contributed by atoms with E-state index < -0.39 is 0 Å². The highest BCUT2D eigenvalue weighted by molar-refractivity contribution is 6.02. The van der Waals surface area contributed by atoms with E-state index in [1.54, 1.807) is 24.3 Å². The summed E-state index contributed by atoms with van der Waals surface area (Å²) in [7, 11) is 0. The Bertz CT molecular complexity index is 807. The van der Waals surface area contributed by atoms with Crippen molar-refractivity contribution in [1.29, 1.82) is 10.5 Å². The van der Waals surface area contributed by atoms with Crippen LogP contribution in [0, 0.1) is 22.7 Å². The minimum Gasteiger partial charge on any atom is -0.396 e. The number of carbonyl (C=O) groups is 1. The van der Waals surface area contributed by atoms with Crippen LogP contribution in [-0.2, 0) is 4.79 Å². The van der Waals surface area contributed by atoms with Crippen molar-refractivity contribution in [1.82, 2.24) is 0 Å². The van der Waals surface area contributed by atoms with E-state index in [0.29, 0.717) is 11.3 Å². The average Bonchev–Trinajstić information content (AvgIpc) is 2.59.